The average molecular weight is 293 g/mol. The standard InChI is InChI=1S/C19H35NO/c1-18(2)15-10-11-19(18,3)17(14-15)21-13-7-5-4-6-12-20-16-8-9-16/h15-17,20H,4-14H2,1-3H3. The maximum atomic E-state index is 6.31. The Kier molecular flexibility index (Phi) is 4.66. The lowest BCUT2D eigenvalue weighted by Crippen LogP contribution is -2.37. The van der Waals surface area contributed by atoms with Gasteiger partial charge in [-0.3, -0.25) is 0 Å². The smallest absolute Gasteiger partial charge is 0.0636 e. The first kappa shape index (κ1) is 15.8. The summed E-state index contributed by atoms with van der Waals surface area (Å²) in [5, 5.41) is 3.59. The van der Waals surface area contributed by atoms with Crippen molar-refractivity contribution in [3.05, 3.63) is 0 Å². The van der Waals surface area contributed by atoms with Gasteiger partial charge in [0.25, 0.3) is 0 Å². The van der Waals surface area contributed by atoms with E-state index in [1.807, 2.05) is 0 Å². The highest BCUT2D eigenvalue weighted by Gasteiger charge is 2.61. The molecule has 0 amide bonds. The number of fused-ring (bicyclic) bond motifs is 2. The normalized spacial score (nSPS) is 37.3. The summed E-state index contributed by atoms with van der Waals surface area (Å²) in [7, 11) is 0. The van der Waals surface area contributed by atoms with Crippen molar-refractivity contribution in [2.75, 3.05) is 13.2 Å². The Hall–Kier alpha value is -0.0800. The summed E-state index contributed by atoms with van der Waals surface area (Å²) in [4.78, 5) is 0. The van der Waals surface area contributed by atoms with Gasteiger partial charge in [-0.05, 0) is 68.2 Å². The maximum Gasteiger partial charge on any atom is 0.0636 e. The van der Waals surface area contributed by atoms with Gasteiger partial charge in [0.2, 0.25) is 0 Å². The minimum absolute atomic E-state index is 0.436. The van der Waals surface area contributed by atoms with Crippen LogP contribution in [-0.2, 0) is 4.74 Å². The Morgan fingerprint density at radius 1 is 1.00 bits per heavy atom. The van der Waals surface area contributed by atoms with Crippen LogP contribution in [0.1, 0.15) is 78.6 Å². The van der Waals surface area contributed by atoms with Gasteiger partial charge in [-0.1, -0.05) is 33.6 Å². The van der Waals surface area contributed by atoms with Crippen molar-refractivity contribution in [2.24, 2.45) is 16.7 Å². The van der Waals surface area contributed by atoms with Gasteiger partial charge in [0.05, 0.1) is 6.10 Å². The number of hydrogen-bond acceptors (Lipinski definition) is 2. The van der Waals surface area contributed by atoms with Crippen molar-refractivity contribution in [3.8, 4) is 0 Å². The molecule has 3 fully saturated rings. The Balaban J connectivity index is 1.26. The highest BCUT2D eigenvalue weighted by atomic mass is 16.5. The van der Waals surface area contributed by atoms with E-state index in [0.717, 1.165) is 18.6 Å². The van der Waals surface area contributed by atoms with E-state index in [-0.39, 0.29) is 0 Å². The molecule has 3 atom stereocenters. The van der Waals surface area contributed by atoms with Crippen LogP contribution in [0.25, 0.3) is 0 Å². The first-order valence-electron chi connectivity index (χ1n) is 9.39. The van der Waals surface area contributed by atoms with Crippen LogP contribution < -0.4 is 5.32 Å². The molecule has 3 aliphatic carbocycles. The second kappa shape index (κ2) is 6.20. The van der Waals surface area contributed by atoms with E-state index in [9.17, 15) is 0 Å². The second-order valence-corrected chi connectivity index (χ2v) is 8.61. The maximum absolute atomic E-state index is 6.31. The zero-order valence-corrected chi connectivity index (χ0v) is 14.4. The predicted octanol–water partition coefficient (Wildman–Crippen LogP) is 4.53. The quantitative estimate of drug-likeness (QED) is 0.631. The molecule has 3 saturated carbocycles. The molecule has 0 aliphatic heterocycles. The summed E-state index contributed by atoms with van der Waals surface area (Å²) in [5.41, 5.74) is 0.929. The molecule has 3 unspecified atom stereocenters. The molecule has 0 heterocycles. The summed E-state index contributed by atoms with van der Waals surface area (Å²) in [6.07, 6.45) is 12.8. The summed E-state index contributed by atoms with van der Waals surface area (Å²) in [6.45, 7) is 9.64. The van der Waals surface area contributed by atoms with Crippen LogP contribution in [0, 0.1) is 16.7 Å². The number of rotatable bonds is 9. The molecular weight excluding hydrogens is 258 g/mol. The first-order valence-corrected chi connectivity index (χ1v) is 9.39. The molecule has 0 aromatic rings. The summed E-state index contributed by atoms with van der Waals surface area (Å²) in [6, 6.07) is 0.871. The van der Waals surface area contributed by atoms with Crippen molar-refractivity contribution in [3.63, 3.8) is 0 Å². The molecule has 2 heteroatoms. The van der Waals surface area contributed by atoms with E-state index in [0.29, 0.717) is 16.9 Å². The lowest BCUT2D eigenvalue weighted by Gasteiger charge is -2.39. The lowest BCUT2D eigenvalue weighted by atomic mass is 9.70. The van der Waals surface area contributed by atoms with E-state index in [2.05, 4.69) is 26.1 Å². The molecule has 1 N–H and O–H groups in total. The first-order chi connectivity index (χ1) is 10.0. The monoisotopic (exact) mass is 293 g/mol. The average Bonchev–Trinajstić information content (AvgIpc) is 3.21. The van der Waals surface area contributed by atoms with Crippen LogP contribution in [-0.4, -0.2) is 25.3 Å². The molecule has 3 rings (SSSR count). The minimum atomic E-state index is 0.436. The third-order valence-electron chi connectivity index (χ3n) is 7.11. The van der Waals surface area contributed by atoms with Crippen LogP contribution in [0.4, 0.5) is 0 Å². The van der Waals surface area contributed by atoms with Gasteiger partial charge in [0.15, 0.2) is 0 Å². The molecular formula is C19H35NO. The molecule has 0 spiro atoms. The van der Waals surface area contributed by atoms with Gasteiger partial charge in [-0.15, -0.1) is 0 Å². The lowest BCUT2D eigenvalue weighted by molar-refractivity contribution is -0.0475. The summed E-state index contributed by atoms with van der Waals surface area (Å²) < 4.78 is 6.31. The molecule has 0 aromatic carbocycles. The van der Waals surface area contributed by atoms with Crippen molar-refractivity contribution in [1.29, 1.82) is 0 Å². The molecule has 2 nitrogen and oxygen atoms in total. The summed E-state index contributed by atoms with van der Waals surface area (Å²) in [5.74, 6) is 0.904. The van der Waals surface area contributed by atoms with Gasteiger partial charge in [-0.2, -0.15) is 0 Å². The fourth-order valence-electron chi connectivity index (χ4n) is 4.78. The molecule has 0 aromatic heterocycles. The van der Waals surface area contributed by atoms with Crippen LogP contribution in [0.2, 0.25) is 0 Å². The largest absolute Gasteiger partial charge is 0.378 e. The van der Waals surface area contributed by atoms with Crippen LogP contribution >= 0.6 is 0 Å². The van der Waals surface area contributed by atoms with Crippen molar-refractivity contribution in [2.45, 2.75) is 90.7 Å². The number of hydrogen-bond donors (Lipinski definition) is 1. The van der Waals surface area contributed by atoms with Crippen LogP contribution in [0.5, 0.6) is 0 Å². The summed E-state index contributed by atoms with van der Waals surface area (Å²) >= 11 is 0. The van der Waals surface area contributed by atoms with Gasteiger partial charge in [0, 0.05) is 12.6 Å². The second-order valence-electron chi connectivity index (χ2n) is 8.61. The molecule has 122 valence electrons. The fraction of sp³-hybridized carbons (Fsp3) is 1.00. The molecule has 2 bridgehead atoms. The van der Waals surface area contributed by atoms with Crippen molar-refractivity contribution < 1.29 is 4.74 Å². The molecule has 21 heavy (non-hydrogen) atoms. The Morgan fingerprint density at radius 2 is 1.76 bits per heavy atom. The van der Waals surface area contributed by atoms with E-state index in [1.165, 1.54) is 64.3 Å². The SMILES string of the molecule is CC1(C)C2CCC1(C)C(OCCCCCCNC1CC1)C2. The van der Waals surface area contributed by atoms with Gasteiger partial charge >= 0.3 is 0 Å². The molecule has 0 radical (unpaired) electrons. The predicted molar refractivity (Wildman–Crippen MR) is 88.5 cm³/mol. The highest BCUT2D eigenvalue weighted by Crippen LogP contribution is 2.66. The van der Waals surface area contributed by atoms with Gasteiger partial charge in [-0.25, -0.2) is 0 Å². The zero-order valence-electron chi connectivity index (χ0n) is 14.4. The van der Waals surface area contributed by atoms with E-state index in [4.69, 9.17) is 4.74 Å². The van der Waals surface area contributed by atoms with E-state index < -0.39 is 0 Å². The fourth-order valence-corrected chi connectivity index (χ4v) is 4.78. The van der Waals surface area contributed by atoms with Crippen molar-refractivity contribution >= 4 is 0 Å². The topological polar surface area (TPSA) is 21.3 Å². The van der Waals surface area contributed by atoms with Crippen LogP contribution in [0.3, 0.4) is 0 Å². The number of unbranched alkanes of at least 4 members (excludes halogenated alkanes) is 3. The number of ether oxygens (including phenoxy) is 1. The van der Waals surface area contributed by atoms with E-state index in [1.54, 1.807) is 0 Å². The van der Waals surface area contributed by atoms with Crippen molar-refractivity contribution in [1.82, 2.24) is 5.32 Å². The minimum Gasteiger partial charge on any atom is -0.378 e. The Labute approximate surface area is 131 Å². The van der Waals surface area contributed by atoms with Crippen LogP contribution in [0.15, 0.2) is 0 Å². The molecule has 3 aliphatic rings. The third kappa shape index (κ3) is 3.17. The number of nitrogens with one attached hydrogen (secondary N) is 1. The van der Waals surface area contributed by atoms with Gasteiger partial charge in [0.1, 0.15) is 0 Å². The Bertz CT molecular complexity index is 349. The molecule has 0 saturated heterocycles. The van der Waals surface area contributed by atoms with E-state index >= 15 is 0 Å². The van der Waals surface area contributed by atoms with Gasteiger partial charge < -0.3 is 10.1 Å². The third-order valence-corrected chi connectivity index (χ3v) is 7.11. The Morgan fingerprint density at radius 3 is 2.38 bits per heavy atom. The highest BCUT2D eigenvalue weighted by molar-refractivity contribution is 5.11. The zero-order chi connectivity index (χ0) is 14.9.